The summed E-state index contributed by atoms with van der Waals surface area (Å²) in [4.78, 5) is 15.3. The van der Waals surface area contributed by atoms with Crippen molar-refractivity contribution in [2.75, 3.05) is 13.7 Å². The summed E-state index contributed by atoms with van der Waals surface area (Å²) in [7, 11) is 1.62. The lowest BCUT2D eigenvalue weighted by atomic mass is 10.1. The highest BCUT2D eigenvalue weighted by Gasteiger charge is 2.14. The SMILES string of the molecule is CCO[C@H](C)c1nccn1Cc1cc(C=O)ccc1OC. The minimum atomic E-state index is -0.0785. The lowest BCUT2D eigenvalue weighted by Crippen LogP contribution is -2.11. The Morgan fingerprint density at radius 2 is 2.24 bits per heavy atom. The molecule has 0 aliphatic carbocycles. The quantitative estimate of drug-likeness (QED) is 0.735. The molecule has 0 spiro atoms. The van der Waals surface area contributed by atoms with Gasteiger partial charge in [0, 0.05) is 30.1 Å². The van der Waals surface area contributed by atoms with E-state index in [1.807, 2.05) is 36.7 Å². The van der Waals surface area contributed by atoms with E-state index in [4.69, 9.17) is 9.47 Å². The number of benzene rings is 1. The number of carbonyl (C=O) groups excluding carboxylic acids is 1. The van der Waals surface area contributed by atoms with Crippen LogP contribution < -0.4 is 4.74 Å². The third-order valence-corrected chi connectivity index (χ3v) is 3.31. The molecule has 5 heteroatoms. The Morgan fingerprint density at radius 3 is 2.90 bits per heavy atom. The maximum atomic E-state index is 10.9. The number of imidazole rings is 1. The molecule has 0 aliphatic heterocycles. The Balaban J connectivity index is 2.30. The predicted molar refractivity (Wildman–Crippen MR) is 79.8 cm³/mol. The third-order valence-electron chi connectivity index (χ3n) is 3.31. The highest BCUT2D eigenvalue weighted by Crippen LogP contribution is 2.23. The molecule has 0 bridgehead atoms. The first-order valence-corrected chi connectivity index (χ1v) is 6.94. The van der Waals surface area contributed by atoms with E-state index in [-0.39, 0.29) is 6.10 Å². The van der Waals surface area contributed by atoms with Crippen LogP contribution in [-0.2, 0) is 11.3 Å². The van der Waals surface area contributed by atoms with Crippen molar-refractivity contribution < 1.29 is 14.3 Å². The fraction of sp³-hybridized carbons (Fsp3) is 0.375. The second-order valence-corrected chi connectivity index (χ2v) is 4.70. The minimum Gasteiger partial charge on any atom is -0.496 e. The maximum absolute atomic E-state index is 10.9. The molecular weight excluding hydrogens is 268 g/mol. The average molecular weight is 288 g/mol. The molecule has 1 aromatic carbocycles. The summed E-state index contributed by atoms with van der Waals surface area (Å²) < 4.78 is 13.0. The summed E-state index contributed by atoms with van der Waals surface area (Å²) in [5, 5.41) is 0. The molecule has 0 saturated carbocycles. The van der Waals surface area contributed by atoms with Crippen molar-refractivity contribution in [3.8, 4) is 5.75 Å². The van der Waals surface area contributed by atoms with Crippen molar-refractivity contribution in [3.63, 3.8) is 0 Å². The number of hydrogen-bond acceptors (Lipinski definition) is 4. The molecule has 0 saturated heterocycles. The molecule has 1 aromatic heterocycles. The van der Waals surface area contributed by atoms with Crippen molar-refractivity contribution in [1.82, 2.24) is 9.55 Å². The fourth-order valence-corrected chi connectivity index (χ4v) is 2.32. The van der Waals surface area contributed by atoms with E-state index in [0.717, 1.165) is 23.4 Å². The number of nitrogens with zero attached hydrogens (tertiary/aromatic N) is 2. The lowest BCUT2D eigenvalue weighted by Gasteiger charge is -2.15. The summed E-state index contributed by atoms with van der Waals surface area (Å²) in [6.07, 6.45) is 4.41. The first kappa shape index (κ1) is 15.3. The van der Waals surface area contributed by atoms with Crippen LogP contribution >= 0.6 is 0 Å². The van der Waals surface area contributed by atoms with E-state index in [1.165, 1.54) is 0 Å². The third kappa shape index (κ3) is 3.49. The van der Waals surface area contributed by atoms with Gasteiger partial charge in [0.2, 0.25) is 0 Å². The topological polar surface area (TPSA) is 53.4 Å². The van der Waals surface area contributed by atoms with Crippen LogP contribution in [0.25, 0.3) is 0 Å². The molecule has 0 fully saturated rings. The van der Waals surface area contributed by atoms with Crippen LogP contribution in [0.3, 0.4) is 0 Å². The van der Waals surface area contributed by atoms with Crippen LogP contribution in [0.15, 0.2) is 30.6 Å². The molecule has 112 valence electrons. The van der Waals surface area contributed by atoms with E-state index >= 15 is 0 Å². The standard InChI is InChI=1S/C16H20N2O3/c1-4-21-12(2)16-17-7-8-18(16)10-14-9-13(11-19)5-6-15(14)20-3/h5-9,11-12H,4,10H2,1-3H3/t12-/m1/s1. The zero-order chi connectivity index (χ0) is 15.2. The zero-order valence-corrected chi connectivity index (χ0v) is 12.6. The van der Waals surface area contributed by atoms with Gasteiger partial charge < -0.3 is 14.0 Å². The molecule has 0 unspecified atom stereocenters. The van der Waals surface area contributed by atoms with Crippen molar-refractivity contribution >= 4 is 6.29 Å². The van der Waals surface area contributed by atoms with Gasteiger partial charge in [0.1, 0.15) is 24.0 Å². The molecule has 1 atom stereocenters. The second kappa shape index (κ2) is 7.04. The number of aldehydes is 1. The van der Waals surface area contributed by atoms with Crippen LogP contribution in [0.5, 0.6) is 5.75 Å². The van der Waals surface area contributed by atoms with Gasteiger partial charge in [-0.15, -0.1) is 0 Å². The highest BCUT2D eigenvalue weighted by molar-refractivity contribution is 5.75. The number of aromatic nitrogens is 2. The van der Waals surface area contributed by atoms with Crippen molar-refractivity contribution in [3.05, 3.63) is 47.5 Å². The molecular formula is C16H20N2O3. The van der Waals surface area contributed by atoms with Gasteiger partial charge in [0.25, 0.3) is 0 Å². The van der Waals surface area contributed by atoms with Crippen molar-refractivity contribution in [2.45, 2.75) is 26.5 Å². The Kier molecular flexibility index (Phi) is 5.11. The molecule has 0 N–H and O–H groups in total. The van der Waals surface area contributed by atoms with Gasteiger partial charge in [0.15, 0.2) is 0 Å². The summed E-state index contributed by atoms with van der Waals surface area (Å²) in [6, 6.07) is 5.38. The van der Waals surface area contributed by atoms with Gasteiger partial charge in [-0.3, -0.25) is 4.79 Å². The fourth-order valence-electron chi connectivity index (χ4n) is 2.32. The molecule has 2 aromatic rings. The first-order chi connectivity index (χ1) is 10.2. The number of methoxy groups -OCH3 is 1. The van der Waals surface area contributed by atoms with Gasteiger partial charge in [-0.05, 0) is 32.0 Å². The molecule has 0 amide bonds. The van der Waals surface area contributed by atoms with Crippen LogP contribution in [0.1, 0.15) is 41.7 Å². The molecule has 21 heavy (non-hydrogen) atoms. The normalized spacial score (nSPS) is 12.1. The second-order valence-electron chi connectivity index (χ2n) is 4.70. The monoisotopic (exact) mass is 288 g/mol. The first-order valence-electron chi connectivity index (χ1n) is 6.94. The van der Waals surface area contributed by atoms with Crippen LogP contribution in [-0.4, -0.2) is 29.6 Å². The zero-order valence-electron chi connectivity index (χ0n) is 12.6. The van der Waals surface area contributed by atoms with Gasteiger partial charge in [-0.1, -0.05) is 0 Å². The maximum Gasteiger partial charge on any atom is 0.150 e. The van der Waals surface area contributed by atoms with E-state index in [9.17, 15) is 4.79 Å². The molecule has 0 radical (unpaired) electrons. The van der Waals surface area contributed by atoms with Gasteiger partial charge in [-0.2, -0.15) is 0 Å². The van der Waals surface area contributed by atoms with Crippen molar-refractivity contribution in [2.24, 2.45) is 0 Å². The van der Waals surface area contributed by atoms with E-state index < -0.39 is 0 Å². The molecule has 5 nitrogen and oxygen atoms in total. The molecule has 2 rings (SSSR count). The number of ether oxygens (including phenoxy) is 2. The van der Waals surface area contributed by atoms with Crippen molar-refractivity contribution in [1.29, 1.82) is 0 Å². The van der Waals surface area contributed by atoms with Gasteiger partial charge in [0.05, 0.1) is 13.7 Å². The largest absolute Gasteiger partial charge is 0.496 e. The van der Waals surface area contributed by atoms with Gasteiger partial charge >= 0.3 is 0 Å². The summed E-state index contributed by atoms with van der Waals surface area (Å²) >= 11 is 0. The number of rotatable bonds is 7. The highest BCUT2D eigenvalue weighted by atomic mass is 16.5. The summed E-state index contributed by atoms with van der Waals surface area (Å²) in [5.41, 5.74) is 1.57. The summed E-state index contributed by atoms with van der Waals surface area (Å²) in [6.45, 7) is 5.15. The Bertz CT molecular complexity index is 607. The van der Waals surface area contributed by atoms with Crippen LogP contribution in [0.4, 0.5) is 0 Å². The smallest absolute Gasteiger partial charge is 0.150 e. The number of carbonyl (C=O) groups is 1. The Morgan fingerprint density at radius 1 is 1.43 bits per heavy atom. The Hall–Kier alpha value is -2.14. The van der Waals surface area contributed by atoms with Crippen LogP contribution in [0.2, 0.25) is 0 Å². The van der Waals surface area contributed by atoms with Gasteiger partial charge in [-0.25, -0.2) is 4.98 Å². The van der Waals surface area contributed by atoms with E-state index in [1.54, 1.807) is 19.4 Å². The predicted octanol–water partition coefficient (Wildman–Crippen LogP) is 2.85. The van der Waals surface area contributed by atoms with Crippen LogP contribution in [0, 0.1) is 0 Å². The average Bonchev–Trinajstić information content (AvgIpc) is 2.95. The minimum absolute atomic E-state index is 0.0785. The molecule has 1 heterocycles. The van der Waals surface area contributed by atoms with E-state index in [0.29, 0.717) is 18.7 Å². The number of hydrogen-bond donors (Lipinski definition) is 0. The molecule has 0 aliphatic rings. The summed E-state index contributed by atoms with van der Waals surface area (Å²) in [5.74, 6) is 1.61. The van der Waals surface area contributed by atoms with E-state index in [2.05, 4.69) is 4.98 Å². The Labute approximate surface area is 124 Å². The lowest BCUT2D eigenvalue weighted by molar-refractivity contribution is 0.0677.